The largest absolute Gasteiger partial charge is 0.378 e. The quantitative estimate of drug-likeness (QED) is 0.807. The van der Waals surface area contributed by atoms with E-state index in [4.69, 9.17) is 0 Å². The Kier molecular flexibility index (Phi) is 3.93. The number of anilines is 2. The third-order valence-electron chi connectivity index (χ3n) is 3.60. The summed E-state index contributed by atoms with van der Waals surface area (Å²) >= 11 is 0. The molecule has 0 aliphatic rings. The summed E-state index contributed by atoms with van der Waals surface area (Å²) in [5, 5.41) is 2.87. The molecule has 0 fully saturated rings. The first-order chi connectivity index (χ1) is 11.0. The predicted molar refractivity (Wildman–Crippen MR) is 93.0 cm³/mol. The van der Waals surface area contributed by atoms with E-state index in [0.717, 1.165) is 16.9 Å². The molecule has 116 valence electrons. The van der Waals surface area contributed by atoms with Crippen molar-refractivity contribution in [3.63, 3.8) is 0 Å². The van der Waals surface area contributed by atoms with E-state index < -0.39 is 0 Å². The number of para-hydroxylation sites is 2. The molecule has 0 aliphatic carbocycles. The molecule has 0 spiro atoms. The van der Waals surface area contributed by atoms with Gasteiger partial charge in [-0.05, 0) is 43.3 Å². The Balaban J connectivity index is 1.86. The number of fused-ring (bicyclic) bond motifs is 1. The molecule has 23 heavy (non-hydrogen) atoms. The summed E-state index contributed by atoms with van der Waals surface area (Å²) in [6.45, 7) is 1.80. The minimum Gasteiger partial charge on any atom is -0.378 e. The number of aromatic nitrogens is 2. The second kappa shape index (κ2) is 6.04. The average molecular weight is 306 g/mol. The molecule has 0 radical (unpaired) electrons. The van der Waals surface area contributed by atoms with Crippen LogP contribution in [0, 0.1) is 6.92 Å². The van der Waals surface area contributed by atoms with Crippen molar-refractivity contribution in [3.05, 3.63) is 59.9 Å². The Morgan fingerprint density at radius 2 is 1.57 bits per heavy atom. The van der Waals surface area contributed by atoms with Crippen LogP contribution in [0.25, 0.3) is 11.0 Å². The Morgan fingerprint density at radius 3 is 2.17 bits per heavy atom. The van der Waals surface area contributed by atoms with Gasteiger partial charge in [-0.3, -0.25) is 4.79 Å². The Hall–Kier alpha value is -2.95. The lowest BCUT2D eigenvalue weighted by atomic mass is 10.2. The fourth-order valence-corrected chi connectivity index (χ4v) is 2.34. The highest BCUT2D eigenvalue weighted by Gasteiger charge is 2.13. The van der Waals surface area contributed by atoms with Crippen molar-refractivity contribution in [2.24, 2.45) is 0 Å². The molecule has 2 aromatic carbocycles. The fourth-order valence-electron chi connectivity index (χ4n) is 2.34. The van der Waals surface area contributed by atoms with Crippen LogP contribution < -0.4 is 10.2 Å². The minimum absolute atomic E-state index is 0.252. The van der Waals surface area contributed by atoms with Crippen molar-refractivity contribution in [2.75, 3.05) is 24.3 Å². The second-order valence-corrected chi connectivity index (χ2v) is 5.54. The number of rotatable bonds is 3. The number of nitrogens with one attached hydrogen (secondary N) is 1. The van der Waals surface area contributed by atoms with Crippen molar-refractivity contribution in [1.82, 2.24) is 9.97 Å². The fraction of sp³-hybridized carbons (Fsp3) is 0.167. The SMILES string of the molecule is Cc1nc2ccccc2nc1C(=O)Nc1ccc(N(C)C)cc1. The van der Waals surface area contributed by atoms with Crippen molar-refractivity contribution in [2.45, 2.75) is 6.92 Å². The summed E-state index contributed by atoms with van der Waals surface area (Å²) in [6.07, 6.45) is 0. The van der Waals surface area contributed by atoms with E-state index in [0.29, 0.717) is 16.9 Å². The molecule has 0 bridgehead atoms. The normalized spacial score (nSPS) is 10.6. The first kappa shape index (κ1) is 15.0. The van der Waals surface area contributed by atoms with Gasteiger partial charge in [-0.15, -0.1) is 0 Å². The minimum atomic E-state index is -0.252. The van der Waals surface area contributed by atoms with Crippen molar-refractivity contribution in [1.29, 1.82) is 0 Å². The van der Waals surface area contributed by atoms with Gasteiger partial charge in [0.25, 0.3) is 5.91 Å². The second-order valence-electron chi connectivity index (χ2n) is 5.54. The van der Waals surface area contributed by atoms with Crippen molar-refractivity contribution < 1.29 is 4.79 Å². The number of hydrogen-bond acceptors (Lipinski definition) is 4. The Morgan fingerprint density at radius 1 is 0.957 bits per heavy atom. The molecular formula is C18H18N4O. The van der Waals surface area contributed by atoms with Gasteiger partial charge in [-0.2, -0.15) is 0 Å². The third-order valence-corrected chi connectivity index (χ3v) is 3.60. The van der Waals surface area contributed by atoms with Crippen molar-refractivity contribution >= 4 is 28.3 Å². The van der Waals surface area contributed by atoms with Gasteiger partial charge in [0.1, 0.15) is 5.69 Å². The lowest BCUT2D eigenvalue weighted by Gasteiger charge is -2.13. The number of hydrogen-bond donors (Lipinski definition) is 1. The molecule has 0 unspecified atom stereocenters. The number of benzene rings is 2. The maximum atomic E-state index is 12.5. The average Bonchev–Trinajstić information content (AvgIpc) is 2.54. The molecule has 0 aliphatic heterocycles. The van der Waals surface area contributed by atoms with E-state index >= 15 is 0 Å². The van der Waals surface area contributed by atoms with Crippen LogP contribution >= 0.6 is 0 Å². The molecular weight excluding hydrogens is 288 g/mol. The summed E-state index contributed by atoms with van der Waals surface area (Å²) in [5.41, 5.74) is 4.27. The lowest BCUT2D eigenvalue weighted by molar-refractivity contribution is 0.102. The molecule has 5 nitrogen and oxygen atoms in total. The van der Waals surface area contributed by atoms with E-state index in [-0.39, 0.29) is 5.91 Å². The lowest BCUT2D eigenvalue weighted by Crippen LogP contribution is -2.16. The van der Waals surface area contributed by atoms with E-state index in [1.165, 1.54) is 0 Å². The van der Waals surface area contributed by atoms with Gasteiger partial charge in [-0.25, -0.2) is 9.97 Å². The van der Waals surface area contributed by atoms with Crippen LogP contribution in [0.4, 0.5) is 11.4 Å². The summed E-state index contributed by atoms with van der Waals surface area (Å²) in [4.78, 5) is 23.4. The van der Waals surface area contributed by atoms with Gasteiger partial charge >= 0.3 is 0 Å². The highest BCUT2D eigenvalue weighted by Crippen LogP contribution is 2.17. The van der Waals surface area contributed by atoms with Crippen LogP contribution in [0.3, 0.4) is 0 Å². The molecule has 3 aromatic rings. The third kappa shape index (κ3) is 3.13. The standard InChI is InChI=1S/C18H18N4O/c1-12-17(21-16-7-5-4-6-15(16)19-12)18(23)20-13-8-10-14(11-9-13)22(2)3/h4-11H,1-3H3,(H,20,23). The molecule has 0 atom stereocenters. The smallest absolute Gasteiger partial charge is 0.276 e. The van der Waals surface area contributed by atoms with E-state index in [1.54, 1.807) is 6.92 Å². The van der Waals surface area contributed by atoms with Crippen LogP contribution in [-0.2, 0) is 0 Å². The first-order valence-corrected chi connectivity index (χ1v) is 7.37. The Labute approximate surface area is 135 Å². The Bertz CT molecular complexity index is 857. The van der Waals surface area contributed by atoms with E-state index in [1.807, 2.05) is 67.5 Å². The molecule has 1 aromatic heterocycles. The van der Waals surface area contributed by atoms with Crippen LogP contribution in [-0.4, -0.2) is 30.0 Å². The van der Waals surface area contributed by atoms with Gasteiger partial charge in [0.2, 0.25) is 0 Å². The monoisotopic (exact) mass is 306 g/mol. The predicted octanol–water partition coefficient (Wildman–Crippen LogP) is 3.26. The maximum absolute atomic E-state index is 12.5. The summed E-state index contributed by atoms with van der Waals surface area (Å²) in [7, 11) is 3.95. The summed E-state index contributed by atoms with van der Waals surface area (Å²) in [5.74, 6) is -0.252. The molecule has 0 saturated carbocycles. The van der Waals surface area contributed by atoms with Gasteiger partial charge < -0.3 is 10.2 Å². The van der Waals surface area contributed by atoms with Gasteiger partial charge in [0.15, 0.2) is 0 Å². The van der Waals surface area contributed by atoms with E-state index in [2.05, 4.69) is 15.3 Å². The number of aryl methyl sites for hydroxylation is 1. The van der Waals surface area contributed by atoms with Crippen LogP contribution in [0.1, 0.15) is 16.2 Å². The number of carbonyl (C=O) groups is 1. The van der Waals surface area contributed by atoms with E-state index in [9.17, 15) is 4.79 Å². The zero-order valence-corrected chi connectivity index (χ0v) is 13.4. The number of nitrogens with zero attached hydrogens (tertiary/aromatic N) is 3. The molecule has 1 N–H and O–H groups in total. The molecule has 1 amide bonds. The zero-order chi connectivity index (χ0) is 16.4. The van der Waals surface area contributed by atoms with Crippen LogP contribution in [0.2, 0.25) is 0 Å². The van der Waals surface area contributed by atoms with Crippen LogP contribution in [0.15, 0.2) is 48.5 Å². The topological polar surface area (TPSA) is 58.1 Å². The van der Waals surface area contributed by atoms with Gasteiger partial charge in [0.05, 0.1) is 16.7 Å². The van der Waals surface area contributed by atoms with Crippen molar-refractivity contribution in [3.8, 4) is 0 Å². The summed E-state index contributed by atoms with van der Waals surface area (Å²) < 4.78 is 0. The zero-order valence-electron chi connectivity index (χ0n) is 13.4. The van der Waals surface area contributed by atoms with Gasteiger partial charge in [-0.1, -0.05) is 12.1 Å². The highest BCUT2D eigenvalue weighted by molar-refractivity contribution is 6.04. The maximum Gasteiger partial charge on any atom is 0.276 e. The number of carbonyl (C=O) groups excluding carboxylic acids is 1. The van der Waals surface area contributed by atoms with Crippen LogP contribution in [0.5, 0.6) is 0 Å². The van der Waals surface area contributed by atoms with Gasteiger partial charge in [0, 0.05) is 25.5 Å². The molecule has 5 heteroatoms. The molecule has 0 saturated heterocycles. The molecule has 1 heterocycles. The highest BCUT2D eigenvalue weighted by atomic mass is 16.1. The number of amides is 1. The molecule has 3 rings (SSSR count). The first-order valence-electron chi connectivity index (χ1n) is 7.37. The summed E-state index contributed by atoms with van der Waals surface area (Å²) in [6, 6.07) is 15.2.